The lowest BCUT2D eigenvalue weighted by molar-refractivity contribution is -0.327. The lowest BCUT2D eigenvalue weighted by atomic mass is 9.74. The number of thioether (sulfide) groups is 1. The molecule has 0 fully saturated rings. The fraction of sp³-hybridized carbons (Fsp3) is 0.586. The van der Waals surface area contributed by atoms with Gasteiger partial charge < -0.3 is 4.74 Å². The van der Waals surface area contributed by atoms with Crippen molar-refractivity contribution in [1.29, 1.82) is 0 Å². The normalized spacial score (nSPS) is 11.1. The minimum Gasteiger partial charge on any atom is -0.388 e. The monoisotopic (exact) mass is 1020 g/mol. The van der Waals surface area contributed by atoms with Gasteiger partial charge in [0.15, 0.2) is 5.41 Å². The minimum absolute atomic E-state index is 0.104. The molecule has 69 heavy (non-hydrogen) atoms. The van der Waals surface area contributed by atoms with E-state index in [9.17, 15) is 34.8 Å². The Morgan fingerprint density at radius 1 is 0.507 bits per heavy atom. The maximum absolute atomic E-state index is 11.6. The molecule has 0 radical (unpaired) electrons. The Kier molecular flexibility index (Phi) is 45.1. The maximum Gasteiger partial charge on any atom is 0.402 e. The summed E-state index contributed by atoms with van der Waals surface area (Å²) in [6.45, 7) is 35.4. The van der Waals surface area contributed by atoms with Gasteiger partial charge in [-0.15, -0.1) is 0 Å². The van der Waals surface area contributed by atoms with E-state index in [1.54, 1.807) is 26.0 Å². The second-order valence-corrected chi connectivity index (χ2v) is 23.7. The number of hydrogen-bond acceptors (Lipinski definition) is 4. The van der Waals surface area contributed by atoms with Crippen molar-refractivity contribution in [2.75, 3.05) is 39.2 Å². The number of alkyl halides is 6. The summed E-state index contributed by atoms with van der Waals surface area (Å²) >= 11 is 1.75. The number of sulfone groups is 1. The lowest BCUT2D eigenvalue weighted by Crippen LogP contribution is -2.44. The Morgan fingerprint density at radius 2 is 0.696 bits per heavy atom. The summed E-state index contributed by atoms with van der Waals surface area (Å²) in [6.07, 6.45) is -1.72. The predicted molar refractivity (Wildman–Crippen MR) is 296 cm³/mol. The van der Waals surface area contributed by atoms with E-state index in [4.69, 9.17) is 0 Å². The van der Waals surface area contributed by atoms with Gasteiger partial charge in [0.2, 0.25) is 0 Å². The van der Waals surface area contributed by atoms with E-state index < -0.39 is 27.6 Å². The Balaban J connectivity index is -0.000000169. The fourth-order valence-electron chi connectivity index (χ4n) is 4.12. The Morgan fingerprint density at radius 3 is 0.812 bits per heavy atom. The molecule has 3 nitrogen and oxygen atoms in total. The first kappa shape index (κ1) is 77.2. The van der Waals surface area contributed by atoms with Gasteiger partial charge in [-0.3, -0.25) is 0 Å². The number of benzene rings is 4. The SMILES string of the molecule is CC(C)(C(F)(F)F)C(F)(F)F.CC(C)(C)C.CC(C)(C)c1ccccc1.CC(C)C.CC(C)c1ccccc1.CCC.CCC(C)(c1ccccc1)c1ccccc1.COC.CS(C)(=O)=O.CSC. The molecular weight excluding hydrogens is 923 g/mol. The summed E-state index contributed by atoms with van der Waals surface area (Å²) in [5.41, 5.74) is 2.89. The average Bonchev–Trinajstić information content (AvgIpc) is 3.21. The van der Waals surface area contributed by atoms with Crippen LogP contribution in [0.4, 0.5) is 26.3 Å². The number of halogens is 6. The second kappa shape index (κ2) is 40.3. The lowest BCUT2D eigenvalue weighted by Gasteiger charge is -2.29. The molecule has 4 aromatic carbocycles. The third-order valence-electron chi connectivity index (χ3n) is 8.05. The van der Waals surface area contributed by atoms with Crippen LogP contribution in [-0.2, 0) is 25.4 Å². The zero-order valence-corrected chi connectivity index (χ0v) is 49.1. The van der Waals surface area contributed by atoms with Gasteiger partial charge >= 0.3 is 12.4 Å². The van der Waals surface area contributed by atoms with Crippen molar-refractivity contribution in [1.82, 2.24) is 0 Å². The molecule has 0 aliphatic heterocycles. The van der Waals surface area contributed by atoms with Gasteiger partial charge in [0.05, 0.1) is 0 Å². The van der Waals surface area contributed by atoms with Gasteiger partial charge in [0, 0.05) is 32.1 Å². The van der Waals surface area contributed by atoms with Gasteiger partial charge in [-0.25, -0.2) is 8.42 Å². The van der Waals surface area contributed by atoms with E-state index in [2.05, 4.69) is 231 Å². The van der Waals surface area contributed by atoms with Crippen LogP contribution in [0.25, 0.3) is 0 Å². The van der Waals surface area contributed by atoms with Crippen molar-refractivity contribution >= 4 is 21.6 Å². The van der Waals surface area contributed by atoms with Crippen molar-refractivity contribution in [3.8, 4) is 0 Å². The van der Waals surface area contributed by atoms with Crippen molar-refractivity contribution in [3.05, 3.63) is 144 Å². The molecule has 0 amide bonds. The molecule has 0 bridgehead atoms. The van der Waals surface area contributed by atoms with Gasteiger partial charge in [-0.2, -0.15) is 38.1 Å². The average molecular weight is 1020 g/mol. The molecule has 0 saturated carbocycles. The molecule has 0 atom stereocenters. The van der Waals surface area contributed by atoms with Gasteiger partial charge in [0.1, 0.15) is 9.84 Å². The predicted octanol–water partition coefficient (Wildman–Crippen LogP) is 19.4. The zero-order valence-electron chi connectivity index (χ0n) is 47.4. The maximum atomic E-state index is 11.6. The van der Waals surface area contributed by atoms with Crippen LogP contribution in [0.2, 0.25) is 0 Å². The highest BCUT2D eigenvalue weighted by Crippen LogP contribution is 2.49. The number of ether oxygens (including phenoxy) is 1. The number of hydrogen-bond donors (Lipinski definition) is 0. The Hall–Kier alpha value is -3.28. The van der Waals surface area contributed by atoms with Crippen LogP contribution in [0.3, 0.4) is 0 Å². The fourth-order valence-corrected chi connectivity index (χ4v) is 4.12. The summed E-state index contributed by atoms with van der Waals surface area (Å²) in [7, 11) is 0.583. The van der Waals surface area contributed by atoms with Crippen molar-refractivity contribution in [3.63, 3.8) is 0 Å². The summed E-state index contributed by atoms with van der Waals surface area (Å²) in [5.74, 6) is 1.49. The van der Waals surface area contributed by atoms with E-state index in [1.807, 2.05) is 18.6 Å². The highest BCUT2D eigenvalue weighted by Gasteiger charge is 2.64. The molecule has 0 saturated heterocycles. The topological polar surface area (TPSA) is 43.4 Å². The summed E-state index contributed by atoms with van der Waals surface area (Å²) < 4.78 is 93.2. The first-order valence-corrected chi connectivity index (χ1v) is 27.4. The zero-order chi connectivity index (χ0) is 55.9. The second-order valence-electron chi connectivity index (χ2n) is 20.6. The molecule has 4 rings (SSSR count). The number of methoxy groups -OCH3 is 1. The molecule has 0 spiro atoms. The molecule has 0 aromatic heterocycles. The van der Waals surface area contributed by atoms with Crippen LogP contribution in [0, 0.1) is 16.7 Å². The van der Waals surface area contributed by atoms with E-state index in [0.29, 0.717) is 16.7 Å². The van der Waals surface area contributed by atoms with E-state index in [-0.39, 0.29) is 19.3 Å². The third kappa shape index (κ3) is 49.5. The standard InChI is InChI=1S/C16H18.C10H14.C9H12.C5H6F6.C5H12.C4H10.C3H8.C2H6O2S.C2H6O.C2H6S/c1-3-16(2,14-10-6-4-7-11-14)15-12-8-5-9-13-15;1-10(2,3)9-7-5-4-6-8-9;1-8(2)9-6-4-3-5-7-9;1-3(2,4(6,7)8)5(9,10)11;1-5(2,3)4;1-4(2)3;1-3-2;1-5(2,3)4;2*1-3-2/h4-13H,3H2,1-2H3;4-8H,1-3H3;3-8H,1-2H3;1-2H3;1-4H3;4H,1-3H3;3H2,1-2H3;1-2H3;2*1-2H3. The highest BCUT2D eigenvalue weighted by atomic mass is 32.2. The highest BCUT2D eigenvalue weighted by molar-refractivity contribution is 7.97. The largest absolute Gasteiger partial charge is 0.402 e. The van der Waals surface area contributed by atoms with Gasteiger partial charge in [-0.1, -0.05) is 239 Å². The van der Waals surface area contributed by atoms with Crippen LogP contribution in [0.5, 0.6) is 0 Å². The summed E-state index contributed by atoms with van der Waals surface area (Å²) in [4.78, 5) is 0. The van der Waals surface area contributed by atoms with Crippen molar-refractivity contribution in [2.45, 2.75) is 167 Å². The van der Waals surface area contributed by atoms with Crippen LogP contribution in [0.1, 0.15) is 166 Å². The molecule has 0 aliphatic rings. The Bertz CT molecular complexity index is 1720. The van der Waals surface area contributed by atoms with Gasteiger partial charge in [-0.05, 0) is 77.7 Å². The third-order valence-corrected chi connectivity index (χ3v) is 8.05. The molecule has 11 heteroatoms. The van der Waals surface area contributed by atoms with Gasteiger partial charge in [0.25, 0.3) is 0 Å². The molecule has 4 aromatic rings. The Labute approximate surface area is 425 Å². The molecule has 402 valence electrons. The molecule has 0 aliphatic carbocycles. The van der Waals surface area contributed by atoms with E-state index >= 15 is 0 Å². The molecule has 0 N–H and O–H groups in total. The smallest absolute Gasteiger partial charge is 0.388 e. The van der Waals surface area contributed by atoms with Crippen LogP contribution in [-0.4, -0.2) is 60.0 Å². The molecule has 0 unspecified atom stereocenters. The van der Waals surface area contributed by atoms with E-state index in [1.165, 1.54) is 28.7 Å². The van der Waals surface area contributed by atoms with Crippen LogP contribution in [0.15, 0.2) is 121 Å². The summed E-state index contributed by atoms with van der Waals surface area (Å²) in [6, 6.07) is 42.6. The first-order valence-electron chi connectivity index (χ1n) is 23.5. The van der Waals surface area contributed by atoms with Crippen LogP contribution < -0.4 is 0 Å². The van der Waals surface area contributed by atoms with Crippen LogP contribution >= 0.6 is 11.8 Å². The minimum atomic E-state index is -5.24. The molecular formula is C58H98F6O3S2. The quantitative estimate of drug-likeness (QED) is 0.191. The number of rotatable bonds is 4. The van der Waals surface area contributed by atoms with Crippen molar-refractivity contribution < 1.29 is 39.5 Å². The first-order chi connectivity index (χ1) is 31.2. The summed E-state index contributed by atoms with van der Waals surface area (Å²) in [5, 5.41) is 0. The molecule has 0 heterocycles. The van der Waals surface area contributed by atoms with E-state index in [0.717, 1.165) is 24.9 Å². The van der Waals surface area contributed by atoms with Crippen molar-refractivity contribution in [2.24, 2.45) is 16.7 Å².